The fraction of sp³-hybridized carbons (Fsp3) is 0.143. The Balaban J connectivity index is 2.02. The van der Waals surface area contributed by atoms with Crippen molar-refractivity contribution in [1.82, 2.24) is 9.97 Å². The van der Waals surface area contributed by atoms with Crippen LogP contribution >= 0.6 is 11.6 Å². The van der Waals surface area contributed by atoms with E-state index in [0.717, 1.165) is 5.56 Å². The average Bonchev–Trinajstić information content (AvgIpc) is 2.73. The SMILES string of the molecule is C=CCNc1cc(Nc2cc(OC)c(Cl)cc2OC)nc(-c2ccccc2)n1. The summed E-state index contributed by atoms with van der Waals surface area (Å²) in [6, 6.07) is 15.0. The number of ether oxygens (including phenoxy) is 2. The lowest BCUT2D eigenvalue weighted by molar-refractivity contribution is 0.405. The molecule has 1 aromatic heterocycles. The predicted molar refractivity (Wildman–Crippen MR) is 114 cm³/mol. The highest BCUT2D eigenvalue weighted by molar-refractivity contribution is 6.32. The lowest BCUT2D eigenvalue weighted by atomic mass is 10.2. The number of nitrogens with one attached hydrogen (secondary N) is 2. The Hall–Kier alpha value is -3.25. The van der Waals surface area contributed by atoms with Crippen LogP contribution in [0.3, 0.4) is 0 Å². The van der Waals surface area contributed by atoms with E-state index in [1.165, 1.54) is 0 Å². The molecule has 144 valence electrons. The first-order valence-electron chi connectivity index (χ1n) is 8.62. The zero-order valence-electron chi connectivity index (χ0n) is 15.7. The monoisotopic (exact) mass is 396 g/mol. The largest absolute Gasteiger partial charge is 0.495 e. The summed E-state index contributed by atoms with van der Waals surface area (Å²) in [4.78, 5) is 9.23. The fourth-order valence-electron chi connectivity index (χ4n) is 2.59. The van der Waals surface area contributed by atoms with Gasteiger partial charge < -0.3 is 20.1 Å². The van der Waals surface area contributed by atoms with Gasteiger partial charge in [0, 0.05) is 30.3 Å². The fourth-order valence-corrected chi connectivity index (χ4v) is 2.82. The molecule has 0 saturated carbocycles. The first-order valence-corrected chi connectivity index (χ1v) is 9.00. The second-order valence-electron chi connectivity index (χ2n) is 5.81. The van der Waals surface area contributed by atoms with E-state index in [2.05, 4.69) is 27.2 Å². The topological polar surface area (TPSA) is 68.3 Å². The molecule has 0 amide bonds. The number of hydrogen-bond donors (Lipinski definition) is 2. The zero-order valence-corrected chi connectivity index (χ0v) is 16.5. The Morgan fingerprint density at radius 1 is 1.00 bits per heavy atom. The van der Waals surface area contributed by atoms with Crippen molar-refractivity contribution in [3.8, 4) is 22.9 Å². The molecule has 7 heteroatoms. The molecule has 6 nitrogen and oxygen atoms in total. The van der Waals surface area contributed by atoms with Crippen LogP contribution in [0.5, 0.6) is 11.5 Å². The quantitative estimate of drug-likeness (QED) is 0.513. The maximum Gasteiger partial charge on any atom is 0.163 e. The van der Waals surface area contributed by atoms with Crippen molar-refractivity contribution >= 4 is 28.9 Å². The summed E-state index contributed by atoms with van der Waals surface area (Å²) in [6.45, 7) is 4.32. The lowest BCUT2D eigenvalue weighted by Crippen LogP contribution is -2.05. The second-order valence-corrected chi connectivity index (χ2v) is 6.22. The number of nitrogens with zero attached hydrogens (tertiary/aromatic N) is 2. The van der Waals surface area contributed by atoms with Crippen molar-refractivity contribution in [2.75, 3.05) is 31.4 Å². The standard InChI is InChI=1S/C21H21ClN4O2/c1-4-10-23-19-13-20(26-21(25-19)14-8-6-5-7-9-14)24-16-12-17(27-2)15(22)11-18(16)28-3/h4-9,11-13H,1,10H2,2-3H3,(H2,23,24,25,26). The third-order valence-electron chi connectivity index (χ3n) is 3.92. The van der Waals surface area contributed by atoms with Crippen molar-refractivity contribution in [2.45, 2.75) is 0 Å². The van der Waals surface area contributed by atoms with E-state index in [9.17, 15) is 0 Å². The Morgan fingerprint density at radius 2 is 1.71 bits per heavy atom. The van der Waals surface area contributed by atoms with E-state index in [1.54, 1.807) is 32.4 Å². The van der Waals surface area contributed by atoms with E-state index in [-0.39, 0.29) is 0 Å². The van der Waals surface area contributed by atoms with Crippen molar-refractivity contribution in [1.29, 1.82) is 0 Å². The summed E-state index contributed by atoms with van der Waals surface area (Å²) in [5, 5.41) is 6.94. The average molecular weight is 397 g/mol. The van der Waals surface area contributed by atoms with Gasteiger partial charge in [-0.15, -0.1) is 6.58 Å². The molecule has 2 N–H and O–H groups in total. The summed E-state index contributed by atoms with van der Waals surface area (Å²) >= 11 is 6.19. The van der Waals surface area contributed by atoms with Gasteiger partial charge >= 0.3 is 0 Å². The first-order chi connectivity index (χ1) is 13.6. The Bertz CT molecular complexity index is 964. The van der Waals surface area contributed by atoms with Gasteiger partial charge in [0.05, 0.1) is 24.9 Å². The van der Waals surface area contributed by atoms with E-state index < -0.39 is 0 Å². The molecular formula is C21H21ClN4O2. The first kappa shape index (κ1) is 19.5. The van der Waals surface area contributed by atoms with Gasteiger partial charge in [0.25, 0.3) is 0 Å². The molecule has 28 heavy (non-hydrogen) atoms. The summed E-state index contributed by atoms with van der Waals surface area (Å²) in [5.41, 5.74) is 1.59. The lowest BCUT2D eigenvalue weighted by Gasteiger charge is -2.15. The van der Waals surface area contributed by atoms with Crippen LogP contribution in [0.2, 0.25) is 5.02 Å². The van der Waals surface area contributed by atoms with Crippen LogP contribution < -0.4 is 20.1 Å². The molecule has 0 unspecified atom stereocenters. The highest BCUT2D eigenvalue weighted by Crippen LogP contribution is 2.37. The molecule has 0 aliphatic heterocycles. The molecule has 0 aliphatic carbocycles. The van der Waals surface area contributed by atoms with Crippen molar-refractivity contribution < 1.29 is 9.47 Å². The third-order valence-corrected chi connectivity index (χ3v) is 4.22. The maximum absolute atomic E-state index is 6.19. The van der Waals surface area contributed by atoms with Crippen LogP contribution in [-0.2, 0) is 0 Å². The Labute approximate surface area is 169 Å². The number of halogens is 1. The predicted octanol–water partition coefficient (Wildman–Crippen LogP) is 5.16. The van der Waals surface area contributed by atoms with Crippen LogP contribution in [0, 0.1) is 0 Å². The van der Waals surface area contributed by atoms with Gasteiger partial charge in [-0.25, -0.2) is 9.97 Å². The zero-order chi connectivity index (χ0) is 19.9. The molecule has 0 saturated heterocycles. The van der Waals surface area contributed by atoms with Gasteiger partial charge in [-0.05, 0) is 0 Å². The molecule has 0 atom stereocenters. The number of methoxy groups -OCH3 is 2. The van der Waals surface area contributed by atoms with E-state index in [4.69, 9.17) is 21.1 Å². The van der Waals surface area contributed by atoms with Gasteiger partial charge in [-0.1, -0.05) is 48.0 Å². The van der Waals surface area contributed by atoms with Crippen LogP contribution in [0.15, 0.2) is 61.2 Å². The summed E-state index contributed by atoms with van der Waals surface area (Å²) in [5.74, 6) is 2.98. The minimum absolute atomic E-state index is 0.464. The van der Waals surface area contributed by atoms with E-state index >= 15 is 0 Å². The minimum Gasteiger partial charge on any atom is -0.495 e. The molecule has 3 aromatic rings. The molecule has 0 fully saturated rings. The number of aromatic nitrogens is 2. The number of hydrogen-bond acceptors (Lipinski definition) is 6. The van der Waals surface area contributed by atoms with Gasteiger partial charge in [-0.3, -0.25) is 0 Å². The van der Waals surface area contributed by atoms with Crippen LogP contribution in [0.25, 0.3) is 11.4 Å². The highest BCUT2D eigenvalue weighted by atomic mass is 35.5. The van der Waals surface area contributed by atoms with Gasteiger partial charge in [0.15, 0.2) is 5.82 Å². The van der Waals surface area contributed by atoms with E-state index in [1.807, 2.05) is 36.4 Å². The molecule has 0 bridgehead atoms. The maximum atomic E-state index is 6.19. The molecular weight excluding hydrogens is 376 g/mol. The molecule has 0 spiro atoms. The van der Waals surface area contributed by atoms with Crippen molar-refractivity contribution in [3.63, 3.8) is 0 Å². The number of rotatable bonds is 8. The molecule has 0 radical (unpaired) electrons. The van der Waals surface area contributed by atoms with Crippen molar-refractivity contribution in [3.05, 3.63) is 66.2 Å². The van der Waals surface area contributed by atoms with Crippen LogP contribution in [-0.4, -0.2) is 30.7 Å². The van der Waals surface area contributed by atoms with E-state index in [0.29, 0.717) is 46.2 Å². The highest BCUT2D eigenvalue weighted by Gasteiger charge is 2.13. The number of anilines is 3. The minimum atomic E-state index is 0.464. The summed E-state index contributed by atoms with van der Waals surface area (Å²) in [6.07, 6.45) is 1.77. The summed E-state index contributed by atoms with van der Waals surface area (Å²) in [7, 11) is 3.14. The smallest absolute Gasteiger partial charge is 0.163 e. The van der Waals surface area contributed by atoms with Gasteiger partial charge in [0.2, 0.25) is 0 Å². The van der Waals surface area contributed by atoms with Gasteiger partial charge in [-0.2, -0.15) is 0 Å². The third kappa shape index (κ3) is 4.53. The molecule has 0 aliphatic rings. The second kappa shape index (κ2) is 9.10. The van der Waals surface area contributed by atoms with Crippen molar-refractivity contribution in [2.24, 2.45) is 0 Å². The molecule has 1 heterocycles. The molecule has 3 rings (SSSR count). The number of benzene rings is 2. The van der Waals surface area contributed by atoms with Crippen LogP contribution in [0.4, 0.5) is 17.3 Å². The normalized spacial score (nSPS) is 10.2. The summed E-state index contributed by atoms with van der Waals surface area (Å²) < 4.78 is 10.7. The molecule has 2 aromatic carbocycles. The Kier molecular flexibility index (Phi) is 6.34. The van der Waals surface area contributed by atoms with Gasteiger partial charge in [0.1, 0.15) is 23.1 Å². The van der Waals surface area contributed by atoms with Crippen LogP contribution in [0.1, 0.15) is 0 Å². The Morgan fingerprint density at radius 3 is 2.39 bits per heavy atom.